The maximum absolute atomic E-state index is 2.57. The third-order valence-electron chi connectivity index (χ3n) is 6.60. The van der Waals surface area contributed by atoms with E-state index in [1.54, 1.807) is 11.1 Å². The second-order valence-corrected chi connectivity index (χ2v) is 8.62. The highest BCUT2D eigenvalue weighted by Crippen LogP contribution is 2.44. The second-order valence-electron chi connectivity index (χ2n) is 8.62. The van der Waals surface area contributed by atoms with E-state index in [1.807, 2.05) is 0 Å². The van der Waals surface area contributed by atoms with Crippen molar-refractivity contribution < 1.29 is 0 Å². The zero-order valence-corrected chi connectivity index (χ0v) is 15.0. The van der Waals surface area contributed by atoms with E-state index in [0.29, 0.717) is 11.8 Å². The van der Waals surface area contributed by atoms with Gasteiger partial charge < -0.3 is 0 Å². The molecular weight excluding hydrogens is 264 g/mol. The van der Waals surface area contributed by atoms with Crippen molar-refractivity contribution in [2.45, 2.75) is 66.2 Å². The van der Waals surface area contributed by atoms with E-state index < -0.39 is 0 Å². The van der Waals surface area contributed by atoms with Crippen LogP contribution >= 0.6 is 0 Å². The first-order valence-electron chi connectivity index (χ1n) is 9.64. The molecule has 0 amide bonds. The van der Waals surface area contributed by atoms with Crippen LogP contribution < -0.4 is 0 Å². The highest BCUT2D eigenvalue weighted by atomic mass is 14.4. The zero-order valence-electron chi connectivity index (χ0n) is 15.0. The maximum Gasteiger partial charge on any atom is 0.00235 e. The molecule has 0 aromatic rings. The Morgan fingerprint density at radius 1 is 0.909 bits per heavy atom. The Balaban J connectivity index is 1.62. The van der Waals surface area contributed by atoms with Crippen molar-refractivity contribution in [3.8, 4) is 0 Å². The Morgan fingerprint density at radius 3 is 2.27 bits per heavy atom. The van der Waals surface area contributed by atoms with Crippen molar-refractivity contribution in [2.24, 2.45) is 35.5 Å². The van der Waals surface area contributed by atoms with Crippen LogP contribution in [0, 0.1) is 35.5 Å². The standard InChI is InChI=1S/C22H34/c1-15(2)17-5-7-18(8-6-17)21-12-10-19-9-11-20(16(3)4)13-22(19)14-21/h9-11,13,15-18,21-22H,5-8,12,14H2,1-4H3. The van der Waals surface area contributed by atoms with Gasteiger partial charge in [0.1, 0.15) is 0 Å². The molecule has 0 N–H and O–H groups in total. The van der Waals surface area contributed by atoms with Gasteiger partial charge in [-0.05, 0) is 79.3 Å². The van der Waals surface area contributed by atoms with E-state index in [-0.39, 0.29) is 0 Å². The fourth-order valence-corrected chi connectivity index (χ4v) is 4.89. The monoisotopic (exact) mass is 298 g/mol. The average molecular weight is 299 g/mol. The highest BCUT2D eigenvalue weighted by Gasteiger charge is 2.32. The molecule has 0 heteroatoms. The molecule has 3 aliphatic rings. The van der Waals surface area contributed by atoms with Gasteiger partial charge in [-0.3, -0.25) is 0 Å². The molecule has 2 atom stereocenters. The van der Waals surface area contributed by atoms with E-state index >= 15 is 0 Å². The molecule has 0 radical (unpaired) electrons. The normalized spacial score (nSPS) is 35.4. The lowest BCUT2D eigenvalue weighted by Gasteiger charge is -2.39. The predicted octanol–water partition coefficient (Wildman–Crippen LogP) is 6.55. The van der Waals surface area contributed by atoms with Crippen molar-refractivity contribution in [1.82, 2.24) is 0 Å². The molecule has 0 aromatic carbocycles. The molecule has 2 unspecified atom stereocenters. The predicted molar refractivity (Wildman–Crippen MR) is 96.6 cm³/mol. The number of allylic oxidation sites excluding steroid dienone is 6. The lowest BCUT2D eigenvalue weighted by molar-refractivity contribution is 0.161. The molecule has 0 aliphatic heterocycles. The maximum atomic E-state index is 2.57. The molecule has 1 saturated carbocycles. The zero-order chi connectivity index (χ0) is 15.7. The molecule has 0 aromatic heterocycles. The van der Waals surface area contributed by atoms with Crippen LogP contribution in [0.5, 0.6) is 0 Å². The molecule has 3 rings (SSSR count). The van der Waals surface area contributed by atoms with Crippen molar-refractivity contribution in [3.05, 3.63) is 35.5 Å². The molecule has 3 aliphatic carbocycles. The molecule has 0 nitrogen and oxygen atoms in total. The Hall–Kier alpha value is -0.780. The van der Waals surface area contributed by atoms with Crippen LogP contribution in [0.4, 0.5) is 0 Å². The van der Waals surface area contributed by atoms with E-state index in [2.05, 4.69) is 52.0 Å². The minimum Gasteiger partial charge on any atom is -0.0804 e. The Kier molecular flexibility index (Phi) is 4.95. The molecule has 0 spiro atoms. The van der Waals surface area contributed by atoms with Gasteiger partial charge in [0.2, 0.25) is 0 Å². The number of hydrogen-bond acceptors (Lipinski definition) is 0. The third kappa shape index (κ3) is 3.42. The summed E-state index contributed by atoms with van der Waals surface area (Å²) in [5, 5.41) is 0. The van der Waals surface area contributed by atoms with Gasteiger partial charge in [0, 0.05) is 5.92 Å². The Labute approximate surface area is 137 Å². The van der Waals surface area contributed by atoms with Crippen LogP contribution in [0.2, 0.25) is 0 Å². The lowest BCUT2D eigenvalue weighted by Crippen LogP contribution is -2.27. The molecule has 0 bridgehead atoms. The quantitative estimate of drug-likeness (QED) is 0.554. The second kappa shape index (κ2) is 6.77. The van der Waals surface area contributed by atoms with Crippen LogP contribution in [-0.4, -0.2) is 0 Å². The minimum atomic E-state index is 0.666. The van der Waals surface area contributed by atoms with Gasteiger partial charge in [-0.2, -0.15) is 0 Å². The van der Waals surface area contributed by atoms with Crippen LogP contribution in [0.25, 0.3) is 0 Å². The van der Waals surface area contributed by atoms with Crippen molar-refractivity contribution >= 4 is 0 Å². The van der Waals surface area contributed by atoms with Gasteiger partial charge in [-0.1, -0.05) is 52.0 Å². The average Bonchev–Trinajstić information content (AvgIpc) is 2.53. The molecule has 1 fully saturated rings. The van der Waals surface area contributed by atoms with E-state index in [0.717, 1.165) is 23.7 Å². The van der Waals surface area contributed by atoms with Crippen molar-refractivity contribution in [1.29, 1.82) is 0 Å². The fraction of sp³-hybridized carbons (Fsp3) is 0.727. The summed E-state index contributed by atoms with van der Waals surface area (Å²) in [5.74, 6) is 5.20. The molecule has 0 heterocycles. The lowest BCUT2D eigenvalue weighted by atomic mass is 9.66. The summed E-state index contributed by atoms with van der Waals surface area (Å²) in [6, 6.07) is 0. The summed E-state index contributed by atoms with van der Waals surface area (Å²) in [7, 11) is 0. The summed E-state index contributed by atoms with van der Waals surface area (Å²) in [6.45, 7) is 9.46. The van der Waals surface area contributed by atoms with E-state index in [9.17, 15) is 0 Å². The van der Waals surface area contributed by atoms with Gasteiger partial charge >= 0.3 is 0 Å². The topological polar surface area (TPSA) is 0 Å². The van der Waals surface area contributed by atoms with E-state index in [1.165, 1.54) is 38.5 Å². The molecule has 0 saturated heterocycles. The summed E-state index contributed by atoms with van der Waals surface area (Å²) in [4.78, 5) is 0. The molecule has 22 heavy (non-hydrogen) atoms. The summed E-state index contributed by atoms with van der Waals surface area (Å²) in [5.41, 5.74) is 3.14. The van der Waals surface area contributed by atoms with Crippen LogP contribution in [0.15, 0.2) is 35.5 Å². The summed E-state index contributed by atoms with van der Waals surface area (Å²) in [6.07, 6.45) is 18.5. The Bertz CT molecular complexity index is 466. The molecule has 122 valence electrons. The number of rotatable bonds is 3. The largest absolute Gasteiger partial charge is 0.0804 e. The van der Waals surface area contributed by atoms with Crippen LogP contribution in [0.3, 0.4) is 0 Å². The molecular formula is C22H34. The highest BCUT2D eigenvalue weighted by molar-refractivity contribution is 5.40. The van der Waals surface area contributed by atoms with Crippen LogP contribution in [0.1, 0.15) is 66.2 Å². The van der Waals surface area contributed by atoms with Crippen molar-refractivity contribution in [2.75, 3.05) is 0 Å². The smallest absolute Gasteiger partial charge is 0.00235 e. The van der Waals surface area contributed by atoms with Gasteiger partial charge in [0.25, 0.3) is 0 Å². The first-order valence-corrected chi connectivity index (χ1v) is 9.64. The van der Waals surface area contributed by atoms with Gasteiger partial charge in [0.05, 0.1) is 0 Å². The van der Waals surface area contributed by atoms with Crippen LogP contribution in [-0.2, 0) is 0 Å². The van der Waals surface area contributed by atoms with E-state index in [4.69, 9.17) is 0 Å². The fourth-order valence-electron chi connectivity index (χ4n) is 4.89. The number of fused-ring (bicyclic) bond motifs is 1. The van der Waals surface area contributed by atoms with Gasteiger partial charge in [-0.25, -0.2) is 0 Å². The Morgan fingerprint density at radius 2 is 1.64 bits per heavy atom. The first kappa shape index (κ1) is 16.1. The summed E-state index contributed by atoms with van der Waals surface area (Å²) >= 11 is 0. The van der Waals surface area contributed by atoms with Gasteiger partial charge in [0.15, 0.2) is 0 Å². The van der Waals surface area contributed by atoms with Crippen molar-refractivity contribution in [3.63, 3.8) is 0 Å². The SMILES string of the molecule is CC(C)C1=CC2CC(C3CCC(C(C)C)CC3)CC=C2C=C1. The summed E-state index contributed by atoms with van der Waals surface area (Å²) < 4.78 is 0. The minimum absolute atomic E-state index is 0.666. The first-order chi connectivity index (χ1) is 10.5. The van der Waals surface area contributed by atoms with Gasteiger partial charge in [-0.15, -0.1) is 0 Å². The third-order valence-corrected chi connectivity index (χ3v) is 6.60. The number of hydrogen-bond donors (Lipinski definition) is 0.